The lowest BCUT2D eigenvalue weighted by Crippen LogP contribution is -2.49. The van der Waals surface area contributed by atoms with Crippen LogP contribution in [0.15, 0.2) is 0 Å². The third-order valence-electron chi connectivity index (χ3n) is 3.93. The zero-order chi connectivity index (χ0) is 12.3. The van der Waals surface area contributed by atoms with Gasteiger partial charge in [0.1, 0.15) is 6.04 Å². The van der Waals surface area contributed by atoms with Gasteiger partial charge in [0, 0.05) is 19.1 Å². The second kappa shape index (κ2) is 5.83. The molecule has 2 rings (SSSR count). The van der Waals surface area contributed by atoms with Gasteiger partial charge in [-0.25, -0.2) is 0 Å². The second-order valence-electron chi connectivity index (χ2n) is 5.51. The Labute approximate surface area is 103 Å². The van der Waals surface area contributed by atoms with E-state index < -0.39 is 5.97 Å². The number of carboxylic acids is 1. The molecule has 0 aromatic carbocycles. The first kappa shape index (κ1) is 12.8. The van der Waals surface area contributed by atoms with Crippen molar-refractivity contribution in [3.05, 3.63) is 0 Å². The van der Waals surface area contributed by atoms with E-state index in [4.69, 9.17) is 0 Å². The molecule has 2 aliphatic rings. The molecule has 2 atom stereocenters. The number of hydrogen-bond donors (Lipinski definition) is 2. The highest BCUT2D eigenvalue weighted by Crippen LogP contribution is 2.21. The highest BCUT2D eigenvalue weighted by atomic mass is 16.4. The molecule has 4 heteroatoms. The van der Waals surface area contributed by atoms with Crippen LogP contribution in [-0.4, -0.2) is 47.7 Å². The fraction of sp³-hybridized carbons (Fsp3) is 0.923. The van der Waals surface area contributed by atoms with Crippen molar-refractivity contribution in [1.29, 1.82) is 0 Å². The van der Waals surface area contributed by atoms with Crippen LogP contribution in [0, 0.1) is 5.92 Å². The van der Waals surface area contributed by atoms with E-state index in [-0.39, 0.29) is 6.04 Å². The Morgan fingerprint density at radius 2 is 2.24 bits per heavy atom. The summed E-state index contributed by atoms with van der Waals surface area (Å²) in [4.78, 5) is 13.5. The van der Waals surface area contributed by atoms with Gasteiger partial charge < -0.3 is 15.3 Å². The van der Waals surface area contributed by atoms with Gasteiger partial charge in [0.05, 0.1) is 0 Å². The molecule has 1 saturated heterocycles. The van der Waals surface area contributed by atoms with E-state index in [2.05, 4.69) is 17.1 Å². The van der Waals surface area contributed by atoms with Crippen molar-refractivity contribution in [2.75, 3.05) is 19.6 Å². The first-order valence-corrected chi connectivity index (χ1v) is 6.90. The largest absolute Gasteiger partial charge is 0.480 e. The smallest absolute Gasteiger partial charge is 0.322 e. The number of aliphatic carboxylic acids is 1. The minimum absolute atomic E-state index is 0.377. The number of carbonyl (C=O) groups is 1. The Morgan fingerprint density at radius 3 is 2.82 bits per heavy atom. The maximum atomic E-state index is 11.2. The minimum Gasteiger partial charge on any atom is -0.480 e. The average Bonchev–Trinajstić information content (AvgIpc) is 3.12. The quantitative estimate of drug-likeness (QED) is 0.735. The number of piperidine rings is 1. The summed E-state index contributed by atoms with van der Waals surface area (Å²) in [6.45, 7) is 5.03. The summed E-state index contributed by atoms with van der Waals surface area (Å²) >= 11 is 0. The molecule has 2 N–H and O–H groups in total. The molecule has 2 unspecified atom stereocenters. The monoisotopic (exact) mass is 240 g/mol. The van der Waals surface area contributed by atoms with Crippen molar-refractivity contribution in [1.82, 2.24) is 10.2 Å². The van der Waals surface area contributed by atoms with Crippen LogP contribution in [0.2, 0.25) is 0 Å². The van der Waals surface area contributed by atoms with Crippen molar-refractivity contribution in [2.24, 2.45) is 5.92 Å². The maximum Gasteiger partial charge on any atom is 0.322 e. The van der Waals surface area contributed by atoms with Crippen molar-refractivity contribution >= 4 is 5.97 Å². The summed E-state index contributed by atoms with van der Waals surface area (Å²) in [6, 6.07) is 0.0842. The molecule has 4 nitrogen and oxygen atoms in total. The second-order valence-corrected chi connectivity index (χ2v) is 5.51. The van der Waals surface area contributed by atoms with Crippen LogP contribution < -0.4 is 5.32 Å². The number of likely N-dealkylation sites (tertiary alicyclic amines) is 1. The summed E-state index contributed by atoms with van der Waals surface area (Å²) in [7, 11) is 0. The molecule has 0 radical (unpaired) electrons. The highest BCUT2D eigenvalue weighted by molar-refractivity contribution is 5.73. The molecule has 17 heavy (non-hydrogen) atoms. The molecule has 0 amide bonds. The van der Waals surface area contributed by atoms with Gasteiger partial charge in [-0.15, -0.1) is 0 Å². The van der Waals surface area contributed by atoms with Gasteiger partial charge in [-0.3, -0.25) is 4.79 Å². The molecule has 1 aliphatic carbocycles. The molecule has 1 aliphatic heterocycles. The molecule has 0 aromatic rings. The average molecular weight is 240 g/mol. The third-order valence-corrected chi connectivity index (χ3v) is 3.93. The first-order chi connectivity index (χ1) is 8.19. The lowest BCUT2D eigenvalue weighted by atomic mass is 9.95. The van der Waals surface area contributed by atoms with Crippen LogP contribution in [0.3, 0.4) is 0 Å². The Bertz CT molecular complexity index is 266. The van der Waals surface area contributed by atoms with Gasteiger partial charge in [0.15, 0.2) is 0 Å². The van der Waals surface area contributed by atoms with E-state index in [1.165, 1.54) is 19.3 Å². The van der Waals surface area contributed by atoms with E-state index in [0.717, 1.165) is 31.8 Å². The molecule has 1 heterocycles. The predicted octanol–water partition coefficient (Wildman–Crippen LogP) is 1.31. The van der Waals surface area contributed by atoms with E-state index in [1.54, 1.807) is 0 Å². The number of rotatable bonds is 6. The molecule has 0 spiro atoms. The van der Waals surface area contributed by atoms with Crippen LogP contribution in [0.1, 0.15) is 39.0 Å². The molecular weight excluding hydrogens is 216 g/mol. The number of carboxylic acid groups (broad SMARTS) is 1. The lowest BCUT2D eigenvalue weighted by molar-refractivity contribution is -0.140. The molecule has 98 valence electrons. The maximum absolute atomic E-state index is 11.2. The van der Waals surface area contributed by atoms with E-state index in [1.807, 2.05) is 0 Å². The van der Waals surface area contributed by atoms with E-state index in [0.29, 0.717) is 12.6 Å². The van der Waals surface area contributed by atoms with Crippen LogP contribution in [0.25, 0.3) is 0 Å². The van der Waals surface area contributed by atoms with Crippen molar-refractivity contribution in [3.63, 3.8) is 0 Å². The van der Waals surface area contributed by atoms with Crippen LogP contribution in [0.4, 0.5) is 0 Å². The van der Waals surface area contributed by atoms with Gasteiger partial charge in [-0.1, -0.05) is 13.3 Å². The van der Waals surface area contributed by atoms with Gasteiger partial charge in [-0.05, 0) is 38.1 Å². The number of nitrogens with zero attached hydrogens (tertiary/aromatic N) is 1. The van der Waals surface area contributed by atoms with Gasteiger partial charge in [-0.2, -0.15) is 0 Å². The van der Waals surface area contributed by atoms with E-state index in [9.17, 15) is 9.90 Å². The zero-order valence-corrected chi connectivity index (χ0v) is 10.7. The third kappa shape index (κ3) is 3.96. The van der Waals surface area contributed by atoms with Crippen LogP contribution >= 0.6 is 0 Å². The summed E-state index contributed by atoms with van der Waals surface area (Å²) in [5.74, 6) is 0.0645. The summed E-state index contributed by atoms with van der Waals surface area (Å²) in [5, 5.41) is 12.4. The zero-order valence-electron chi connectivity index (χ0n) is 10.7. The van der Waals surface area contributed by atoms with E-state index >= 15 is 0 Å². The molecule has 0 aromatic heterocycles. The summed E-state index contributed by atoms with van der Waals surface area (Å²) < 4.78 is 0. The number of nitrogens with one attached hydrogen (secondary N) is 1. The van der Waals surface area contributed by atoms with Crippen LogP contribution in [-0.2, 0) is 4.79 Å². The van der Waals surface area contributed by atoms with Gasteiger partial charge in [0.2, 0.25) is 0 Å². The summed E-state index contributed by atoms with van der Waals surface area (Å²) in [6.07, 6.45) is 6.02. The molecule has 0 bridgehead atoms. The fourth-order valence-corrected chi connectivity index (χ4v) is 2.65. The summed E-state index contributed by atoms with van der Waals surface area (Å²) in [5.41, 5.74) is 0. The van der Waals surface area contributed by atoms with Gasteiger partial charge >= 0.3 is 5.97 Å². The Balaban J connectivity index is 1.81. The van der Waals surface area contributed by atoms with Crippen molar-refractivity contribution in [2.45, 2.75) is 51.1 Å². The first-order valence-electron chi connectivity index (χ1n) is 6.90. The topological polar surface area (TPSA) is 52.6 Å². The van der Waals surface area contributed by atoms with Crippen molar-refractivity contribution in [3.8, 4) is 0 Å². The molecule has 1 saturated carbocycles. The SMILES string of the molecule is CCC1CCCN(CC(NC2CC2)C(=O)O)C1. The fourth-order valence-electron chi connectivity index (χ4n) is 2.65. The lowest BCUT2D eigenvalue weighted by Gasteiger charge is -2.33. The highest BCUT2D eigenvalue weighted by Gasteiger charge is 2.30. The Hall–Kier alpha value is -0.610. The van der Waals surface area contributed by atoms with Crippen molar-refractivity contribution < 1.29 is 9.90 Å². The Kier molecular flexibility index (Phi) is 4.40. The normalized spacial score (nSPS) is 27.9. The molecular formula is C13H24N2O2. The van der Waals surface area contributed by atoms with Gasteiger partial charge in [0.25, 0.3) is 0 Å². The molecule has 2 fully saturated rings. The minimum atomic E-state index is -0.699. The predicted molar refractivity (Wildman–Crippen MR) is 67.0 cm³/mol. The van der Waals surface area contributed by atoms with Crippen LogP contribution in [0.5, 0.6) is 0 Å². The standard InChI is InChI=1S/C13H24N2O2/c1-2-10-4-3-7-15(8-10)9-12(13(16)17)14-11-5-6-11/h10-12,14H,2-9H2,1H3,(H,16,17). The number of hydrogen-bond acceptors (Lipinski definition) is 3. The Morgan fingerprint density at radius 1 is 1.47 bits per heavy atom.